The second kappa shape index (κ2) is 6.36. The Morgan fingerprint density at radius 3 is 2.80 bits per heavy atom. The lowest BCUT2D eigenvalue weighted by atomic mass is 10.1. The quantitative estimate of drug-likeness (QED) is 0.888. The standard InChI is InChI=1S/C14H16FNO4/c15-11-3-1-2-4-12(11)20-8-6-13(17)16-7-5-10(9-16)14(18)19/h1-4,10H,5-9H2,(H,18,19). The van der Waals surface area contributed by atoms with Crippen molar-refractivity contribution in [2.75, 3.05) is 19.7 Å². The van der Waals surface area contributed by atoms with Crippen LogP contribution in [0.3, 0.4) is 0 Å². The molecule has 1 heterocycles. The van der Waals surface area contributed by atoms with Gasteiger partial charge in [-0.3, -0.25) is 9.59 Å². The number of amides is 1. The van der Waals surface area contributed by atoms with Gasteiger partial charge in [0, 0.05) is 13.1 Å². The zero-order valence-corrected chi connectivity index (χ0v) is 10.9. The summed E-state index contributed by atoms with van der Waals surface area (Å²) in [6.45, 7) is 0.775. The smallest absolute Gasteiger partial charge is 0.308 e. The van der Waals surface area contributed by atoms with Crippen LogP contribution in [0.15, 0.2) is 24.3 Å². The van der Waals surface area contributed by atoms with Crippen molar-refractivity contribution in [3.05, 3.63) is 30.1 Å². The minimum absolute atomic E-state index is 0.0774. The molecule has 1 unspecified atom stereocenters. The molecule has 0 radical (unpaired) electrons. The highest BCUT2D eigenvalue weighted by molar-refractivity contribution is 5.78. The van der Waals surface area contributed by atoms with Crippen molar-refractivity contribution < 1.29 is 23.8 Å². The van der Waals surface area contributed by atoms with Gasteiger partial charge in [-0.2, -0.15) is 0 Å². The van der Waals surface area contributed by atoms with E-state index in [1.165, 1.54) is 17.0 Å². The minimum atomic E-state index is -0.872. The molecule has 1 fully saturated rings. The van der Waals surface area contributed by atoms with Crippen molar-refractivity contribution >= 4 is 11.9 Å². The number of benzene rings is 1. The lowest BCUT2D eigenvalue weighted by Crippen LogP contribution is -2.30. The van der Waals surface area contributed by atoms with Crippen LogP contribution in [0.4, 0.5) is 4.39 Å². The Morgan fingerprint density at radius 1 is 1.40 bits per heavy atom. The van der Waals surface area contributed by atoms with Gasteiger partial charge in [0.25, 0.3) is 0 Å². The molecule has 1 atom stereocenters. The monoisotopic (exact) mass is 281 g/mol. The number of aliphatic carboxylic acids is 1. The van der Waals surface area contributed by atoms with Crippen molar-refractivity contribution in [2.45, 2.75) is 12.8 Å². The molecule has 0 aromatic heterocycles. The van der Waals surface area contributed by atoms with E-state index < -0.39 is 17.7 Å². The third-order valence-corrected chi connectivity index (χ3v) is 3.30. The highest BCUT2D eigenvalue weighted by Gasteiger charge is 2.30. The number of carboxylic acids is 1. The number of halogens is 1. The van der Waals surface area contributed by atoms with Crippen molar-refractivity contribution in [1.29, 1.82) is 0 Å². The van der Waals surface area contributed by atoms with E-state index in [1.54, 1.807) is 12.1 Å². The van der Waals surface area contributed by atoms with Crippen LogP contribution in [0.25, 0.3) is 0 Å². The summed E-state index contributed by atoms with van der Waals surface area (Å²) in [5.41, 5.74) is 0. The molecule has 0 saturated carbocycles. The van der Waals surface area contributed by atoms with E-state index >= 15 is 0 Å². The van der Waals surface area contributed by atoms with Gasteiger partial charge in [0.1, 0.15) is 0 Å². The van der Waals surface area contributed by atoms with Gasteiger partial charge in [0.05, 0.1) is 18.9 Å². The first-order valence-electron chi connectivity index (χ1n) is 6.46. The van der Waals surface area contributed by atoms with E-state index in [1.807, 2.05) is 0 Å². The number of carbonyl (C=O) groups is 2. The molecule has 1 aromatic rings. The number of likely N-dealkylation sites (tertiary alicyclic amines) is 1. The molecule has 1 N–H and O–H groups in total. The average molecular weight is 281 g/mol. The van der Waals surface area contributed by atoms with Crippen molar-refractivity contribution in [2.24, 2.45) is 5.92 Å². The molecule has 1 amide bonds. The van der Waals surface area contributed by atoms with Gasteiger partial charge in [0.2, 0.25) is 5.91 Å². The fraction of sp³-hybridized carbons (Fsp3) is 0.429. The summed E-state index contributed by atoms with van der Waals surface area (Å²) in [5, 5.41) is 8.86. The predicted octanol–water partition coefficient (Wildman–Crippen LogP) is 1.53. The van der Waals surface area contributed by atoms with Crippen LogP contribution < -0.4 is 4.74 Å². The topological polar surface area (TPSA) is 66.8 Å². The highest BCUT2D eigenvalue weighted by atomic mass is 19.1. The predicted molar refractivity (Wildman–Crippen MR) is 68.8 cm³/mol. The van der Waals surface area contributed by atoms with Gasteiger partial charge < -0.3 is 14.7 Å². The number of hydrogen-bond acceptors (Lipinski definition) is 3. The Morgan fingerprint density at radius 2 is 2.15 bits per heavy atom. The van der Waals surface area contributed by atoms with Gasteiger partial charge in [-0.15, -0.1) is 0 Å². The van der Waals surface area contributed by atoms with E-state index in [0.29, 0.717) is 13.0 Å². The number of carbonyl (C=O) groups excluding carboxylic acids is 1. The summed E-state index contributed by atoms with van der Waals surface area (Å²) in [6, 6.07) is 5.99. The van der Waals surface area contributed by atoms with Crippen LogP contribution in [0, 0.1) is 11.7 Å². The number of para-hydroxylation sites is 1. The SMILES string of the molecule is O=C(O)C1CCN(C(=O)CCOc2ccccc2F)C1. The Hall–Kier alpha value is -2.11. The second-order valence-corrected chi connectivity index (χ2v) is 4.69. The molecule has 2 rings (SSSR count). The Balaban J connectivity index is 1.76. The van der Waals surface area contributed by atoms with E-state index in [-0.39, 0.29) is 31.2 Å². The van der Waals surface area contributed by atoms with Gasteiger partial charge >= 0.3 is 5.97 Å². The van der Waals surface area contributed by atoms with Crippen molar-refractivity contribution in [3.8, 4) is 5.75 Å². The summed E-state index contributed by atoms with van der Waals surface area (Å²) in [7, 11) is 0. The number of carboxylic acid groups (broad SMARTS) is 1. The van der Waals surface area contributed by atoms with Gasteiger partial charge in [-0.25, -0.2) is 4.39 Å². The summed E-state index contributed by atoms with van der Waals surface area (Å²) >= 11 is 0. The molecule has 0 spiro atoms. The van der Waals surface area contributed by atoms with Crippen LogP contribution in [-0.4, -0.2) is 41.6 Å². The van der Waals surface area contributed by atoms with E-state index in [9.17, 15) is 14.0 Å². The highest BCUT2D eigenvalue weighted by Crippen LogP contribution is 2.18. The number of rotatable bonds is 5. The van der Waals surface area contributed by atoms with E-state index in [4.69, 9.17) is 9.84 Å². The van der Waals surface area contributed by atoms with Crippen LogP contribution in [0.1, 0.15) is 12.8 Å². The molecule has 1 aliphatic heterocycles. The van der Waals surface area contributed by atoms with E-state index in [0.717, 1.165) is 0 Å². The summed E-state index contributed by atoms with van der Waals surface area (Å²) in [6.07, 6.45) is 0.593. The summed E-state index contributed by atoms with van der Waals surface area (Å²) in [4.78, 5) is 24.2. The van der Waals surface area contributed by atoms with Gasteiger partial charge in [-0.05, 0) is 18.6 Å². The first-order valence-corrected chi connectivity index (χ1v) is 6.46. The third kappa shape index (κ3) is 3.46. The Kier molecular flexibility index (Phi) is 4.55. The molecule has 6 heteroatoms. The zero-order valence-electron chi connectivity index (χ0n) is 10.9. The second-order valence-electron chi connectivity index (χ2n) is 4.69. The van der Waals surface area contributed by atoms with Crippen LogP contribution >= 0.6 is 0 Å². The number of nitrogens with zero attached hydrogens (tertiary/aromatic N) is 1. The largest absolute Gasteiger partial charge is 0.490 e. The maximum Gasteiger partial charge on any atom is 0.308 e. The molecule has 1 aliphatic rings. The summed E-state index contributed by atoms with van der Waals surface area (Å²) in [5.74, 6) is -1.86. The molecule has 0 bridgehead atoms. The molecular formula is C14H16FNO4. The summed E-state index contributed by atoms with van der Waals surface area (Å²) < 4.78 is 18.5. The fourth-order valence-corrected chi connectivity index (χ4v) is 2.16. The van der Waals surface area contributed by atoms with Crippen molar-refractivity contribution in [3.63, 3.8) is 0 Å². The molecule has 108 valence electrons. The normalized spacial score (nSPS) is 18.1. The minimum Gasteiger partial charge on any atom is -0.490 e. The van der Waals surface area contributed by atoms with Crippen LogP contribution in [0.2, 0.25) is 0 Å². The number of hydrogen-bond donors (Lipinski definition) is 1. The molecular weight excluding hydrogens is 265 g/mol. The molecule has 1 saturated heterocycles. The number of ether oxygens (including phenoxy) is 1. The Bertz CT molecular complexity index is 506. The fourth-order valence-electron chi connectivity index (χ4n) is 2.16. The van der Waals surface area contributed by atoms with Crippen molar-refractivity contribution in [1.82, 2.24) is 4.90 Å². The van der Waals surface area contributed by atoms with Gasteiger partial charge in [0.15, 0.2) is 11.6 Å². The molecule has 1 aromatic carbocycles. The van der Waals surface area contributed by atoms with Crippen LogP contribution in [-0.2, 0) is 9.59 Å². The first-order chi connectivity index (χ1) is 9.58. The molecule has 5 nitrogen and oxygen atoms in total. The maximum atomic E-state index is 13.3. The lowest BCUT2D eigenvalue weighted by Gasteiger charge is -2.16. The maximum absolute atomic E-state index is 13.3. The zero-order chi connectivity index (χ0) is 14.5. The molecule has 0 aliphatic carbocycles. The van der Waals surface area contributed by atoms with Gasteiger partial charge in [-0.1, -0.05) is 12.1 Å². The first kappa shape index (κ1) is 14.3. The van der Waals surface area contributed by atoms with Crippen LogP contribution in [0.5, 0.6) is 5.75 Å². The average Bonchev–Trinajstić information content (AvgIpc) is 2.91. The third-order valence-electron chi connectivity index (χ3n) is 3.30. The molecule has 20 heavy (non-hydrogen) atoms. The Labute approximate surface area is 116 Å². The lowest BCUT2D eigenvalue weighted by molar-refractivity contribution is -0.141. The van der Waals surface area contributed by atoms with E-state index in [2.05, 4.69) is 0 Å².